The molecule has 4 nitrogen and oxygen atoms in total. The molecule has 1 aliphatic rings. The summed E-state index contributed by atoms with van der Waals surface area (Å²) in [5.74, 6) is 1.98. The van der Waals surface area contributed by atoms with E-state index in [4.69, 9.17) is 9.84 Å². The van der Waals surface area contributed by atoms with E-state index in [0.29, 0.717) is 0 Å². The summed E-state index contributed by atoms with van der Waals surface area (Å²) in [7, 11) is 1.69. The van der Waals surface area contributed by atoms with Crippen LogP contribution in [0.1, 0.15) is 18.4 Å². The van der Waals surface area contributed by atoms with E-state index in [1.807, 2.05) is 16.8 Å². The average Bonchev–Trinajstić information content (AvgIpc) is 2.83. The van der Waals surface area contributed by atoms with Gasteiger partial charge in [0.1, 0.15) is 11.6 Å². The Bertz CT molecular complexity index is 886. The fraction of sp³-hybridized carbons (Fsp3) is 0.250. The molecule has 2 aromatic carbocycles. The molecule has 0 saturated heterocycles. The molecule has 0 fully saturated rings. The van der Waals surface area contributed by atoms with E-state index in [1.54, 1.807) is 7.11 Å². The first-order valence-corrected chi connectivity index (χ1v) is 9.60. The second kappa shape index (κ2) is 7.07. The van der Waals surface area contributed by atoms with Crippen molar-refractivity contribution < 1.29 is 4.74 Å². The van der Waals surface area contributed by atoms with Crippen LogP contribution in [0.5, 0.6) is 5.75 Å². The van der Waals surface area contributed by atoms with Gasteiger partial charge in [0.2, 0.25) is 0 Å². The number of halogens is 1. The standard InChI is InChI=1S/C20H20IN3O/c1-25-17-10-8-16(9-11-17)24-20-18(7-2-3-12-22-20)19(23-24)14-5-4-6-15(21)13-14/h4-6,8-11,13,22H,2-3,7,12H2,1H3. The highest BCUT2D eigenvalue weighted by molar-refractivity contribution is 14.1. The third kappa shape index (κ3) is 3.25. The Labute approximate surface area is 161 Å². The number of fused-ring (bicyclic) bond motifs is 1. The van der Waals surface area contributed by atoms with Gasteiger partial charge in [0.15, 0.2) is 0 Å². The van der Waals surface area contributed by atoms with Gasteiger partial charge in [-0.25, -0.2) is 4.68 Å². The lowest BCUT2D eigenvalue weighted by molar-refractivity contribution is 0.414. The van der Waals surface area contributed by atoms with Gasteiger partial charge in [0.25, 0.3) is 0 Å². The molecule has 128 valence electrons. The van der Waals surface area contributed by atoms with Gasteiger partial charge in [-0.2, -0.15) is 5.10 Å². The van der Waals surface area contributed by atoms with Crippen molar-refractivity contribution >= 4 is 28.4 Å². The summed E-state index contributed by atoms with van der Waals surface area (Å²) in [6.45, 7) is 0.987. The highest BCUT2D eigenvalue weighted by Crippen LogP contribution is 2.34. The fourth-order valence-electron chi connectivity index (χ4n) is 3.28. The number of ether oxygens (including phenoxy) is 1. The normalized spacial score (nSPS) is 13.7. The van der Waals surface area contributed by atoms with Gasteiger partial charge < -0.3 is 10.1 Å². The molecule has 3 aromatic rings. The molecule has 0 aliphatic carbocycles. The van der Waals surface area contributed by atoms with Gasteiger partial charge in [0, 0.05) is 21.2 Å². The monoisotopic (exact) mass is 445 g/mol. The van der Waals surface area contributed by atoms with E-state index in [-0.39, 0.29) is 0 Å². The summed E-state index contributed by atoms with van der Waals surface area (Å²) in [4.78, 5) is 0. The van der Waals surface area contributed by atoms with Crippen molar-refractivity contribution in [1.29, 1.82) is 0 Å². The van der Waals surface area contributed by atoms with Crippen molar-refractivity contribution in [3.05, 3.63) is 57.7 Å². The van der Waals surface area contributed by atoms with Crippen LogP contribution in [0.25, 0.3) is 16.9 Å². The number of hydrogen-bond donors (Lipinski definition) is 1. The first kappa shape index (κ1) is 16.4. The molecule has 0 bridgehead atoms. The molecule has 1 aliphatic heterocycles. The topological polar surface area (TPSA) is 39.1 Å². The molecular weight excluding hydrogens is 425 g/mol. The van der Waals surface area contributed by atoms with Crippen molar-refractivity contribution in [3.8, 4) is 22.7 Å². The lowest BCUT2D eigenvalue weighted by Crippen LogP contribution is -2.07. The number of nitrogens with one attached hydrogen (secondary N) is 1. The van der Waals surface area contributed by atoms with Gasteiger partial charge >= 0.3 is 0 Å². The van der Waals surface area contributed by atoms with Gasteiger partial charge in [0.05, 0.1) is 18.5 Å². The first-order valence-electron chi connectivity index (χ1n) is 8.52. The predicted molar refractivity (Wildman–Crippen MR) is 110 cm³/mol. The largest absolute Gasteiger partial charge is 0.497 e. The van der Waals surface area contributed by atoms with Crippen molar-refractivity contribution in [2.45, 2.75) is 19.3 Å². The molecule has 0 amide bonds. The van der Waals surface area contributed by atoms with Crippen LogP contribution in [0.4, 0.5) is 5.82 Å². The third-order valence-electron chi connectivity index (χ3n) is 4.54. The minimum absolute atomic E-state index is 0.854. The molecule has 1 aromatic heterocycles. The van der Waals surface area contributed by atoms with Crippen LogP contribution in [-0.4, -0.2) is 23.4 Å². The molecule has 25 heavy (non-hydrogen) atoms. The molecule has 0 radical (unpaired) electrons. The van der Waals surface area contributed by atoms with E-state index in [0.717, 1.165) is 35.9 Å². The van der Waals surface area contributed by atoms with Crippen LogP contribution in [-0.2, 0) is 6.42 Å². The van der Waals surface area contributed by atoms with E-state index in [1.165, 1.54) is 27.5 Å². The van der Waals surface area contributed by atoms with Crippen LogP contribution in [0.15, 0.2) is 48.5 Å². The maximum Gasteiger partial charge on any atom is 0.133 e. The predicted octanol–water partition coefficient (Wildman–Crippen LogP) is 4.90. The third-order valence-corrected chi connectivity index (χ3v) is 5.22. The van der Waals surface area contributed by atoms with Crippen molar-refractivity contribution in [3.63, 3.8) is 0 Å². The molecule has 2 heterocycles. The quantitative estimate of drug-likeness (QED) is 0.583. The van der Waals surface area contributed by atoms with Gasteiger partial charge in [-0.15, -0.1) is 0 Å². The van der Waals surface area contributed by atoms with Gasteiger partial charge in [-0.3, -0.25) is 0 Å². The van der Waals surface area contributed by atoms with E-state index >= 15 is 0 Å². The molecular formula is C20H20IN3O. The Morgan fingerprint density at radius 2 is 1.96 bits per heavy atom. The molecule has 0 unspecified atom stereocenters. The number of rotatable bonds is 3. The Kier molecular flexibility index (Phi) is 4.65. The lowest BCUT2D eigenvalue weighted by atomic mass is 10.0. The van der Waals surface area contributed by atoms with Crippen LogP contribution in [0.3, 0.4) is 0 Å². The van der Waals surface area contributed by atoms with Crippen LogP contribution >= 0.6 is 22.6 Å². The summed E-state index contributed by atoms with van der Waals surface area (Å²) < 4.78 is 8.54. The fourth-order valence-corrected chi connectivity index (χ4v) is 3.82. The maximum atomic E-state index is 5.28. The van der Waals surface area contributed by atoms with E-state index in [9.17, 15) is 0 Å². The van der Waals surface area contributed by atoms with E-state index < -0.39 is 0 Å². The van der Waals surface area contributed by atoms with Crippen molar-refractivity contribution in [2.75, 3.05) is 19.0 Å². The molecule has 4 rings (SSSR count). The highest BCUT2D eigenvalue weighted by Gasteiger charge is 2.21. The molecule has 5 heteroatoms. The summed E-state index contributed by atoms with van der Waals surface area (Å²) in [6.07, 6.45) is 3.42. The smallest absolute Gasteiger partial charge is 0.133 e. The minimum Gasteiger partial charge on any atom is -0.497 e. The van der Waals surface area contributed by atoms with Crippen LogP contribution in [0, 0.1) is 3.57 Å². The zero-order valence-corrected chi connectivity index (χ0v) is 16.3. The summed E-state index contributed by atoms with van der Waals surface area (Å²) in [5, 5.41) is 8.57. The Balaban J connectivity index is 1.86. The van der Waals surface area contributed by atoms with Crippen molar-refractivity contribution in [1.82, 2.24) is 9.78 Å². The zero-order valence-electron chi connectivity index (χ0n) is 14.1. The molecule has 1 N–H and O–H groups in total. The molecule has 0 spiro atoms. The Morgan fingerprint density at radius 1 is 1.12 bits per heavy atom. The summed E-state index contributed by atoms with van der Waals surface area (Å²) >= 11 is 2.36. The van der Waals surface area contributed by atoms with Crippen molar-refractivity contribution in [2.24, 2.45) is 0 Å². The number of methoxy groups -OCH3 is 1. The summed E-state index contributed by atoms with van der Waals surface area (Å²) in [5.41, 5.74) is 4.62. The van der Waals surface area contributed by atoms with Crippen LogP contribution in [0.2, 0.25) is 0 Å². The van der Waals surface area contributed by atoms with Crippen LogP contribution < -0.4 is 10.1 Å². The average molecular weight is 445 g/mol. The highest BCUT2D eigenvalue weighted by atomic mass is 127. The molecule has 0 saturated carbocycles. The maximum absolute atomic E-state index is 5.28. The lowest BCUT2D eigenvalue weighted by Gasteiger charge is -2.09. The number of nitrogens with zero attached hydrogens (tertiary/aromatic N) is 2. The summed E-state index contributed by atoms with van der Waals surface area (Å²) in [6, 6.07) is 16.6. The Hall–Kier alpha value is -2.02. The first-order chi connectivity index (χ1) is 12.3. The van der Waals surface area contributed by atoms with E-state index in [2.05, 4.69) is 64.3 Å². The number of aromatic nitrogens is 2. The number of benzene rings is 2. The number of anilines is 1. The number of hydrogen-bond acceptors (Lipinski definition) is 3. The van der Waals surface area contributed by atoms with Gasteiger partial charge in [-0.05, 0) is 78.3 Å². The second-order valence-corrected chi connectivity index (χ2v) is 7.43. The second-order valence-electron chi connectivity index (χ2n) is 6.18. The SMILES string of the molecule is COc1ccc(-n2nc(-c3cccc(I)c3)c3c2NCCCC3)cc1. The van der Waals surface area contributed by atoms with Gasteiger partial charge in [-0.1, -0.05) is 12.1 Å². The Morgan fingerprint density at radius 3 is 2.72 bits per heavy atom. The molecule has 0 atom stereocenters. The minimum atomic E-state index is 0.854. The zero-order chi connectivity index (χ0) is 17.2.